The molecule has 0 aliphatic heterocycles. The van der Waals surface area contributed by atoms with Crippen LogP contribution < -0.4 is 24.0 Å². The summed E-state index contributed by atoms with van der Waals surface area (Å²) in [4.78, 5) is 0. The first-order valence-corrected chi connectivity index (χ1v) is 4.77. The lowest BCUT2D eigenvalue weighted by Gasteiger charge is -2.38. The van der Waals surface area contributed by atoms with E-state index in [2.05, 4.69) is 4.74 Å². The van der Waals surface area contributed by atoms with Crippen LogP contribution >= 0.6 is 0 Å². The lowest BCUT2D eigenvalue weighted by molar-refractivity contribution is -0.953. The molecule has 0 rings (SSSR count). The highest BCUT2D eigenvalue weighted by atomic mass is 127. The monoisotopic (exact) mass is 341 g/mol. The molecule has 0 aromatic rings. The first-order chi connectivity index (χ1) is 6.31. The van der Waals surface area contributed by atoms with Crippen LogP contribution in [0.5, 0.6) is 0 Å². The second-order valence-corrected chi connectivity index (χ2v) is 3.60. The van der Waals surface area contributed by atoms with Gasteiger partial charge in [-0.15, -0.1) is 0 Å². The molecule has 0 heterocycles. The van der Waals surface area contributed by atoms with Crippen molar-refractivity contribution in [2.45, 2.75) is 33.1 Å². The van der Waals surface area contributed by atoms with Crippen LogP contribution in [0, 0.1) is 0 Å². The maximum atomic E-state index is 12.6. The van der Waals surface area contributed by atoms with Gasteiger partial charge in [0.15, 0.2) is 12.9 Å². The molecule has 0 saturated heterocycles. The summed E-state index contributed by atoms with van der Waals surface area (Å²) in [5, 5.41) is 0. The summed E-state index contributed by atoms with van der Waals surface area (Å²) >= 11 is 0. The Balaban J connectivity index is 0. The molecule has 0 fully saturated rings. The lowest BCUT2D eigenvalue weighted by atomic mass is 10.3. The minimum atomic E-state index is -3.66. The normalized spacial score (nSPS) is 14.6. The fraction of sp³-hybridized carbons (Fsp3) is 1.00. The summed E-state index contributed by atoms with van der Waals surface area (Å²) in [5.41, 5.74) is 0. The Morgan fingerprint density at radius 2 is 1.67 bits per heavy atom. The molecule has 15 heavy (non-hydrogen) atoms. The molecule has 0 spiro atoms. The Hall–Kier alpha value is 0.440. The molecule has 0 radical (unpaired) electrons. The van der Waals surface area contributed by atoms with Gasteiger partial charge in [-0.05, 0) is 13.8 Å². The highest BCUT2D eigenvalue weighted by Crippen LogP contribution is 2.22. The van der Waals surface area contributed by atoms with Crippen LogP contribution in [-0.2, 0) is 4.74 Å². The average molecular weight is 341 g/mol. The third-order valence-corrected chi connectivity index (χ3v) is 2.82. The van der Waals surface area contributed by atoms with Crippen molar-refractivity contribution in [3.63, 3.8) is 0 Å². The zero-order chi connectivity index (χ0) is 11.4. The molecule has 6 heteroatoms. The van der Waals surface area contributed by atoms with Gasteiger partial charge in [-0.2, -0.15) is 8.78 Å². The van der Waals surface area contributed by atoms with Gasteiger partial charge in [-0.25, -0.2) is 4.39 Å². The van der Waals surface area contributed by atoms with Gasteiger partial charge in [-0.3, -0.25) is 4.74 Å². The Morgan fingerprint density at radius 1 is 1.27 bits per heavy atom. The number of hydrogen-bond donors (Lipinski definition) is 0. The Morgan fingerprint density at radius 3 is 1.93 bits per heavy atom. The van der Waals surface area contributed by atoms with Gasteiger partial charge in [-0.1, -0.05) is 0 Å². The molecule has 0 saturated carbocycles. The fourth-order valence-corrected chi connectivity index (χ4v) is 1.15. The van der Waals surface area contributed by atoms with Crippen LogP contribution in [0.3, 0.4) is 0 Å². The second-order valence-electron chi connectivity index (χ2n) is 3.60. The highest BCUT2D eigenvalue weighted by molar-refractivity contribution is 4.50. The zero-order valence-electron chi connectivity index (χ0n) is 9.57. The Labute approximate surface area is 106 Å². The van der Waals surface area contributed by atoms with Crippen molar-refractivity contribution in [2.24, 2.45) is 0 Å². The minimum absolute atomic E-state index is 0. The lowest BCUT2D eigenvalue weighted by Crippen LogP contribution is -3.00. The molecular weight excluding hydrogens is 322 g/mol. The van der Waals surface area contributed by atoms with E-state index in [4.69, 9.17) is 0 Å². The third kappa shape index (κ3) is 5.35. The van der Waals surface area contributed by atoms with E-state index in [0.29, 0.717) is 17.6 Å². The van der Waals surface area contributed by atoms with Crippen molar-refractivity contribution >= 4 is 0 Å². The molecule has 2 nitrogen and oxygen atoms in total. The number of halogens is 4. The zero-order valence-corrected chi connectivity index (χ0v) is 11.7. The topological polar surface area (TPSA) is 9.23 Å². The molecule has 0 aromatic heterocycles. The summed E-state index contributed by atoms with van der Waals surface area (Å²) < 4.78 is 41.8. The summed E-state index contributed by atoms with van der Waals surface area (Å²) in [5.74, 6) is 0. The van der Waals surface area contributed by atoms with Crippen molar-refractivity contribution in [1.82, 2.24) is 0 Å². The standard InChI is InChI=1S/C9H19F3NO.HI/c1-5-13(4,6-2)8(3)14-9(11,12)7-10;/h8H,5-7H2,1-4H3;1H/q+1;/p-1. The van der Waals surface area contributed by atoms with Gasteiger partial charge in [0, 0.05) is 6.92 Å². The summed E-state index contributed by atoms with van der Waals surface area (Å²) in [7, 11) is 1.80. The van der Waals surface area contributed by atoms with Crippen molar-refractivity contribution in [3.05, 3.63) is 0 Å². The predicted molar refractivity (Wildman–Crippen MR) is 48.7 cm³/mol. The van der Waals surface area contributed by atoms with Gasteiger partial charge in [0.05, 0.1) is 20.1 Å². The summed E-state index contributed by atoms with van der Waals surface area (Å²) in [6.45, 7) is 4.87. The minimum Gasteiger partial charge on any atom is -1.00 e. The van der Waals surface area contributed by atoms with Gasteiger partial charge < -0.3 is 28.5 Å². The Kier molecular flexibility index (Phi) is 8.20. The smallest absolute Gasteiger partial charge is 0.388 e. The molecule has 0 bridgehead atoms. The number of hydrogen-bond acceptors (Lipinski definition) is 1. The third-order valence-electron chi connectivity index (χ3n) is 2.82. The first-order valence-electron chi connectivity index (χ1n) is 4.77. The number of rotatable bonds is 6. The molecule has 1 unspecified atom stereocenters. The maximum absolute atomic E-state index is 12.6. The number of quaternary nitrogens is 1. The first kappa shape index (κ1) is 17.8. The summed E-state index contributed by atoms with van der Waals surface area (Å²) in [6.07, 6.45) is -4.38. The van der Waals surface area contributed by atoms with Crippen LogP contribution in [0.15, 0.2) is 0 Å². The van der Waals surface area contributed by atoms with Gasteiger partial charge in [0.1, 0.15) is 0 Å². The van der Waals surface area contributed by atoms with Crippen LogP contribution in [0.25, 0.3) is 0 Å². The quantitative estimate of drug-likeness (QED) is 0.356. The van der Waals surface area contributed by atoms with Crippen LogP contribution in [-0.4, -0.2) is 43.6 Å². The van der Waals surface area contributed by atoms with E-state index in [9.17, 15) is 13.2 Å². The molecule has 94 valence electrons. The molecule has 0 N–H and O–H groups in total. The molecule has 0 amide bonds. The number of ether oxygens (including phenoxy) is 1. The molecular formula is C9H19F3INO. The van der Waals surface area contributed by atoms with Crippen molar-refractivity contribution in [2.75, 3.05) is 26.8 Å². The molecule has 0 aliphatic rings. The molecule has 0 aliphatic carbocycles. The van der Waals surface area contributed by atoms with E-state index < -0.39 is 19.0 Å². The van der Waals surface area contributed by atoms with Crippen molar-refractivity contribution in [3.8, 4) is 0 Å². The largest absolute Gasteiger partial charge is 1.00 e. The van der Waals surface area contributed by atoms with E-state index in [1.807, 2.05) is 13.8 Å². The summed E-state index contributed by atoms with van der Waals surface area (Å²) in [6, 6.07) is 0. The highest BCUT2D eigenvalue weighted by Gasteiger charge is 2.38. The van der Waals surface area contributed by atoms with E-state index in [1.54, 1.807) is 7.05 Å². The maximum Gasteiger partial charge on any atom is 0.388 e. The predicted octanol–water partition coefficient (Wildman–Crippen LogP) is -0.598. The van der Waals surface area contributed by atoms with E-state index >= 15 is 0 Å². The number of nitrogens with zero attached hydrogens (tertiary/aromatic N) is 1. The van der Waals surface area contributed by atoms with Crippen molar-refractivity contribution < 1.29 is 46.4 Å². The molecule has 1 atom stereocenters. The van der Waals surface area contributed by atoms with Crippen LogP contribution in [0.1, 0.15) is 20.8 Å². The molecule has 0 aromatic carbocycles. The van der Waals surface area contributed by atoms with Crippen molar-refractivity contribution in [1.29, 1.82) is 0 Å². The second kappa shape index (κ2) is 6.90. The Bertz CT molecular complexity index is 177. The van der Waals surface area contributed by atoms with E-state index in [0.717, 1.165) is 0 Å². The average Bonchev–Trinajstić information content (AvgIpc) is 2.16. The SMILES string of the molecule is CC[N+](C)(CC)C(C)OC(F)(F)CF.[I-]. The van der Waals surface area contributed by atoms with Gasteiger partial charge in [0.2, 0.25) is 0 Å². The van der Waals surface area contributed by atoms with Crippen LogP contribution in [0.2, 0.25) is 0 Å². The van der Waals surface area contributed by atoms with Crippen LogP contribution in [0.4, 0.5) is 13.2 Å². The van der Waals surface area contributed by atoms with Gasteiger partial charge >= 0.3 is 6.11 Å². The fourth-order valence-electron chi connectivity index (χ4n) is 1.15. The van der Waals surface area contributed by atoms with E-state index in [-0.39, 0.29) is 24.0 Å². The van der Waals surface area contributed by atoms with E-state index in [1.165, 1.54) is 6.92 Å². The van der Waals surface area contributed by atoms with Gasteiger partial charge in [0.25, 0.3) is 0 Å². The number of alkyl halides is 3.